The fourth-order valence-electron chi connectivity index (χ4n) is 1.91. The minimum Gasteiger partial charge on any atom is -0.209 e. The average molecular weight is 237 g/mol. The zero-order valence-electron chi connectivity index (χ0n) is 7.98. The lowest BCUT2D eigenvalue weighted by Crippen LogP contribution is -2.07. The van der Waals surface area contributed by atoms with Crippen molar-refractivity contribution in [2.45, 2.75) is 18.3 Å². The largest absolute Gasteiger partial charge is 0.234 e. The van der Waals surface area contributed by atoms with E-state index in [2.05, 4.69) is 33.6 Å². The van der Waals surface area contributed by atoms with Gasteiger partial charge in [-0.05, 0) is 41.5 Å². The van der Waals surface area contributed by atoms with Crippen LogP contribution >= 0.6 is 23.1 Å². The molecule has 4 heteroatoms. The Morgan fingerprint density at radius 2 is 1.93 bits per heavy atom. The standard InChI is InChI=1S/C11H9ClN2S/c12-10-13-9(15-14-10)11(6-7-11)8-4-2-1-3-5-8/h1-5H,6-7H2. The summed E-state index contributed by atoms with van der Waals surface area (Å²) in [6.45, 7) is 0. The third-order valence-electron chi connectivity index (χ3n) is 2.89. The van der Waals surface area contributed by atoms with Gasteiger partial charge in [0.25, 0.3) is 0 Å². The summed E-state index contributed by atoms with van der Waals surface area (Å²) in [5.41, 5.74) is 1.45. The van der Waals surface area contributed by atoms with E-state index in [-0.39, 0.29) is 5.41 Å². The van der Waals surface area contributed by atoms with Crippen LogP contribution in [-0.2, 0) is 5.41 Å². The lowest BCUT2D eigenvalue weighted by Gasteiger charge is -2.10. The molecule has 76 valence electrons. The molecule has 1 saturated carbocycles. The Morgan fingerprint density at radius 1 is 1.20 bits per heavy atom. The van der Waals surface area contributed by atoms with Crippen molar-refractivity contribution in [1.82, 2.24) is 9.36 Å². The summed E-state index contributed by atoms with van der Waals surface area (Å²) in [6.07, 6.45) is 2.31. The molecule has 0 atom stereocenters. The highest BCUT2D eigenvalue weighted by Crippen LogP contribution is 2.53. The molecule has 0 radical (unpaired) electrons. The van der Waals surface area contributed by atoms with Crippen LogP contribution in [0.25, 0.3) is 0 Å². The molecule has 1 aliphatic rings. The highest BCUT2D eigenvalue weighted by molar-refractivity contribution is 7.05. The summed E-state index contributed by atoms with van der Waals surface area (Å²) in [5.74, 6) is 0. The van der Waals surface area contributed by atoms with Gasteiger partial charge in [0.1, 0.15) is 5.01 Å². The van der Waals surface area contributed by atoms with Gasteiger partial charge in [-0.15, -0.1) is 0 Å². The number of halogens is 1. The van der Waals surface area contributed by atoms with Gasteiger partial charge in [0, 0.05) is 5.41 Å². The predicted octanol–water partition coefficient (Wildman–Crippen LogP) is 3.27. The Labute approximate surface area is 97.1 Å². The summed E-state index contributed by atoms with van der Waals surface area (Å²) < 4.78 is 4.04. The third kappa shape index (κ3) is 1.46. The molecule has 0 N–H and O–H groups in total. The number of nitrogens with zero attached hydrogens (tertiary/aromatic N) is 2. The lowest BCUT2D eigenvalue weighted by atomic mass is 9.97. The van der Waals surface area contributed by atoms with Gasteiger partial charge in [-0.25, -0.2) is 4.98 Å². The summed E-state index contributed by atoms with van der Waals surface area (Å²) in [6, 6.07) is 10.5. The zero-order valence-corrected chi connectivity index (χ0v) is 9.55. The van der Waals surface area contributed by atoms with Crippen molar-refractivity contribution in [3.05, 3.63) is 46.2 Å². The molecule has 0 bridgehead atoms. The van der Waals surface area contributed by atoms with E-state index in [1.165, 1.54) is 17.1 Å². The van der Waals surface area contributed by atoms with Crippen molar-refractivity contribution in [3.63, 3.8) is 0 Å². The number of hydrogen-bond donors (Lipinski definition) is 0. The van der Waals surface area contributed by atoms with Crippen LogP contribution in [0.3, 0.4) is 0 Å². The maximum Gasteiger partial charge on any atom is 0.234 e. The van der Waals surface area contributed by atoms with Crippen molar-refractivity contribution in [2.24, 2.45) is 0 Å². The molecule has 2 aromatic rings. The monoisotopic (exact) mass is 236 g/mol. The van der Waals surface area contributed by atoms with Crippen molar-refractivity contribution in [3.8, 4) is 0 Å². The van der Waals surface area contributed by atoms with E-state index in [4.69, 9.17) is 11.6 Å². The molecule has 1 aromatic heterocycles. The molecule has 3 rings (SSSR count). The molecule has 0 spiro atoms. The summed E-state index contributed by atoms with van der Waals surface area (Å²) in [4.78, 5) is 4.29. The van der Waals surface area contributed by atoms with Gasteiger partial charge in [0.15, 0.2) is 0 Å². The first-order valence-electron chi connectivity index (χ1n) is 4.86. The van der Waals surface area contributed by atoms with Crippen LogP contribution in [-0.4, -0.2) is 9.36 Å². The molecule has 0 unspecified atom stereocenters. The van der Waals surface area contributed by atoms with Gasteiger partial charge < -0.3 is 0 Å². The summed E-state index contributed by atoms with van der Waals surface area (Å²) in [7, 11) is 0. The topological polar surface area (TPSA) is 25.8 Å². The summed E-state index contributed by atoms with van der Waals surface area (Å²) in [5, 5.41) is 1.43. The maximum absolute atomic E-state index is 5.77. The van der Waals surface area contributed by atoms with E-state index >= 15 is 0 Å². The van der Waals surface area contributed by atoms with Crippen molar-refractivity contribution < 1.29 is 0 Å². The second-order valence-corrected chi connectivity index (χ2v) is 4.91. The van der Waals surface area contributed by atoms with Crippen LogP contribution in [0, 0.1) is 0 Å². The Balaban J connectivity index is 2.05. The molecule has 1 aliphatic carbocycles. The quantitative estimate of drug-likeness (QED) is 0.800. The molecule has 1 aromatic carbocycles. The number of benzene rings is 1. The second kappa shape index (κ2) is 3.29. The molecule has 2 nitrogen and oxygen atoms in total. The number of aromatic nitrogens is 2. The van der Waals surface area contributed by atoms with Crippen LogP contribution in [0.4, 0.5) is 0 Å². The molecular weight excluding hydrogens is 228 g/mol. The van der Waals surface area contributed by atoms with Gasteiger partial charge in [-0.1, -0.05) is 30.3 Å². The van der Waals surface area contributed by atoms with E-state index in [0.717, 1.165) is 17.8 Å². The number of hydrogen-bond acceptors (Lipinski definition) is 3. The van der Waals surface area contributed by atoms with E-state index in [0.29, 0.717) is 5.28 Å². The average Bonchev–Trinajstić information content (AvgIpc) is 2.98. The van der Waals surface area contributed by atoms with Crippen molar-refractivity contribution >= 4 is 23.1 Å². The SMILES string of the molecule is Clc1nsc(C2(c3ccccc3)CC2)n1. The third-order valence-corrected chi connectivity index (χ3v) is 4.08. The van der Waals surface area contributed by atoms with Crippen LogP contribution in [0.2, 0.25) is 5.28 Å². The van der Waals surface area contributed by atoms with Crippen LogP contribution < -0.4 is 0 Å². The second-order valence-electron chi connectivity index (χ2n) is 3.82. The highest BCUT2D eigenvalue weighted by Gasteiger charge is 2.48. The molecular formula is C11H9ClN2S. The van der Waals surface area contributed by atoms with E-state index in [1.807, 2.05) is 6.07 Å². The predicted molar refractivity (Wildman–Crippen MR) is 61.4 cm³/mol. The zero-order chi connectivity index (χ0) is 10.3. The van der Waals surface area contributed by atoms with Gasteiger partial charge in [0.05, 0.1) is 0 Å². The Kier molecular flexibility index (Phi) is 2.04. The minimum absolute atomic E-state index is 0.117. The van der Waals surface area contributed by atoms with Gasteiger partial charge in [0.2, 0.25) is 5.28 Å². The molecule has 0 saturated heterocycles. The fraction of sp³-hybridized carbons (Fsp3) is 0.273. The Bertz CT molecular complexity index is 476. The number of rotatable bonds is 2. The lowest BCUT2D eigenvalue weighted by molar-refractivity contribution is 0.833. The van der Waals surface area contributed by atoms with Crippen molar-refractivity contribution in [2.75, 3.05) is 0 Å². The van der Waals surface area contributed by atoms with Crippen LogP contribution in [0.1, 0.15) is 23.4 Å². The molecule has 0 aliphatic heterocycles. The van der Waals surface area contributed by atoms with Gasteiger partial charge >= 0.3 is 0 Å². The molecule has 1 fully saturated rings. The van der Waals surface area contributed by atoms with Crippen LogP contribution in [0.5, 0.6) is 0 Å². The minimum atomic E-state index is 0.117. The van der Waals surface area contributed by atoms with E-state index in [1.54, 1.807) is 0 Å². The fourth-order valence-corrected chi connectivity index (χ4v) is 2.97. The smallest absolute Gasteiger partial charge is 0.209 e. The molecule has 0 amide bonds. The Morgan fingerprint density at radius 3 is 2.47 bits per heavy atom. The first-order chi connectivity index (χ1) is 7.31. The van der Waals surface area contributed by atoms with Crippen molar-refractivity contribution in [1.29, 1.82) is 0 Å². The normalized spacial score (nSPS) is 17.7. The highest BCUT2D eigenvalue weighted by atomic mass is 35.5. The molecule has 1 heterocycles. The first kappa shape index (κ1) is 9.31. The summed E-state index contributed by atoms with van der Waals surface area (Å²) >= 11 is 7.19. The first-order valence-corrected chi connectivity index (χ1v) is 6.02. The van der Waals surface area contributed by atoms with Gasteiger partial charge in [-0.3, -0.25) is 0 Å². The van der Waals surface area contributed by atoms with E-state index < -0.39 is 0 Å². The van der Waals surface area contributed by atoms with E-state index in [9.17, 15) is 0 Å². The Hall–Kier alpha value is -0.930. The maximum atomic E-state index is 5.77. The van der Waals surface area contributed by atoms with Crippen LogP contribution in [0.15, 0.2) is 30.3 Å². The van der Waals surface area contributed by atoms with Gasteiger partial charge in [-0.2, -0.15) is 4.37 Å². The molecule has 15 heavy (non-hydrogen) atoms.